The summed E-state index contributed by atoms with van der Waals surface area (Å²) in [6.45, 7) is 1.90. The Hall–Kier alpha value is -1.22. The number of halogens is 3. The van der Waals surface area contributed by atoms with Gasteiger partial charge in [-0.1, -0.05) is 53.0 Å². The molecule has 1 N–H and O–H groups in total. The molecule has 0 saturated heterocycles. The first-order valence-corrected chi connectivity index (χ1v) is 6.64. The fraction of sp³-hybridized carbons (Fsp3) is 0.0714. The quantitative estimate of drug-likeness (QED) is 0.758. The zero-order valence-electron chi connectivity index (χ0n) is 10.0. The number of hydrogen-bond donors (Lipinski definition) is 1. The Balaban J connectivity index is 2.36. The van der Waals surface area contributed by atoms with Crippen LogP contribution in [0.1, 0.15) is 15.9 Å². The van der Waals surface area contributed by atoms with E-state index in [9.17, 15) is 4.79 Å². The second kappa shape index (κ2) is 5.83. The number of carbonyl (C=O) groups excluding carboxylic acids is 1. The maximum Gasteiger partial charge on any atom is 0.258 e. The average molecular weight is 315 g/mol. The SMILES string of the molecule is Cc1ccccc1NC(=O)c1c(Cl)ccc(Cl)c1Cl. The van der Waals surface area contributed by atoms with Crippen molar-refractivity contribution in [2.45, 2.75) is 6.92 Å². The fourth-order valence-corrected chi connectivity index (χ4v) is 2.33. The molecule has 2 nitrogen and oxygen atoms in total. The summed E-state index contributed by atoms with van der Waals surface area (Å²) in [5.41, 5.74) is 1.84. The Morgan fingerprint density at radius 2 is 1.63 bits per heavy atom. The summed E-state index contributed by atoms with van der Waals surface area (Å²) in [5.74, 6) is -0.383. The molecule has 1 amide bonds. The van der Waals surface area contributed by atoms with Crippen LogP contribution in [0.2, 0.25) is 15.1 Å². The topological polar surface area (TPSA) is 29.1 Å². The molecular formula is C14H10Cl3NO. The van der Waals surface area contributed by atoms with Crippen LogP contribution in [0.4, 0.5) is 5.69 Å². The van der Waals surface area contributed by atoms with Crippen molar-refractivity contribution >= 4 is 46.4 Å². The van der Waals surface area contributed by atoms with E-state index in [1.165, 1.54) is 0 Å². The monoisotopic (exact) mass is 313 g/mol. The van der Waals surface area contributed by atoms with Crippen molar-refractivity contribution in [3.05, 3.63) is 62.6 Å². The second-order valence-corrected chi connectivity index (χ2v) is 5.18. The minimum Gasteiger partial charge on any atom is -0.322 e. The second-order valence-electron chi connectivity index (χ2n) is 3.99. The van der Waals surface area contributed by atoms with Gasteiger partial charge in [0, 0.05) is 5.69 Å². The molecule has 0 radical (unpaired) electrons. The van der Waals surface area contributed by atoms with Crippen LogP contribution >= 0.6 is 34.8 Å². The maximum absolute atomic E-state index is 12.2. The third-order valence-electron chi connectivity index (χ3n) is 2.66. The number of amides is 1. The van der Waals surface area contributed by atoms with Gasteiger partial charge >= 0.3 is 0 Å². The predicted octanol–water partition coefficient (Wildman–Crippen LogP) is 5.21. The van der Waals surface area contributed by atoms with Gasteiger partial charge in [-0.05, 0) is 30.7 Å². The summed E-state index contributed by atoms with van der Waals surface area (Å²) in [6.07, 6.45) is 0. The van der Waals surface area contributed by atoms with Crippen molar-refractivity contribution in [3.8, 4) is 0 Å². The molecule has 0 atom stereocenters. The Morgan fingerprint density at radius 3 is 2.32 bits per heavy atom. The molecule has 0 unspecified atom stereocenters. The highest BCUT2D eigenvalue weighted by molar-refractivity contribution is 6.46. The van der Waals surface area contributed by atoms with E-state index in [-0.39, 0.29) is 21.5 Å². The Morgan fingerprint density at radius 1 is 1.00 bits per heavy atom. The van der Waals surface area contributed by atoms with Gasteiger partial charge < -0.3 is 5.32 Å². The Bertz CT molecular complexity index is 641. The van der Waals surface area contributed by atoms with Crippen LogP contribution in [0.25, 0.3) is 0 Å². The minimum atomic E-state index is -0.383. The summed E-state index contributed by atoms with van der Waals surface area (Å²) in [6, 6.07) is 10.5. The van der Waals surface area contributed by atoms with Crippen LogP contribution in [0.5, 0.6) is 0 Å². The largest absolute Gasteiger partial charge is 0.322 e. The van der Waals surface area contributed by atoms with E-state index in [0.717, 1.165) is 5.56 Å². The lowest BCUT2D eigenvalue weighted by molar-refractivity contribution is 0.102. The average Bonchev–Trinajstić information content (AvgIpc) is 2.37. The highest BCUT2D eigenvalue weighted by Gasteiger charge is 2.17. The first-order chi connectivity index (χ1) is 9.00. The Labute approximate surface area is 126 Å². The van der Waals surface area contributed by atoms with E-state index in [1.54, 1.807) is 18.2 Å². The van der Waals surface area contributed by atoms with Gasteiger partial charge in [0.2, 0.25) is 0 Å². The van der Waals surface area contributed by atoms with Crippen LogP contribution in [-0.2, 0) is 0 Å². The van der Waals surface area contributed by atoms with Crippen molar-refractivity contribution in [1.29, 1.82) is 0 Å². The summed E-state index contributed by atoms with van der Waals surface area (Å²) in [5, 5.41) is 3.48. The summed E-state index contributed by atoms with van der Waals surface area (Å²) >= 11 is 17.9. The third kappa shape index (κ3) is 3.03. The van der Waals surface area contributed by atoms with Gasteiger partial charge in [-0.15, -0.1) is 0 Å². The number of anilines is 1. The molecular weight excluding hydrogens is 305 g/mol. The zero-order valence-corrected chi connectivity index (χ0v) is 12.3. The first-order valence-electron chi connectivity index (χ1n) is 5.51. The van der Waals surface area contributed by atoms with Gasteiger partial charge in [0.15, 0.2) is 0 Å². The van der Waals surface area contributed by atoms with Gasteiger partial charge in [0.25, 0.3) is 5.91 Å². The molecule has 0 aliphatic rings. The lowest BCUT2D eigenvalue weighted by atomic mass is 10.1. The summed E-state index contributed by atoms with van der Waals surface area (Å²) < 4.78 is 0. The number of rotatable bonds is 2. The highest BCUT2D eigenvalue weighted by Crippen LogP contribution is 2.32. The molecule has 0 aliphatic carbocycles. The van der Waals surface area contributed by atoms with E-state index < -0.39 is 0 Å². The number of aryl methyl sites for hydroxylation is 1. The molecule has 0 aliphatic heterocycles. The number of hydrogen-bond acceptors (Lipinski definition) is 1. The van der Waals surface area contributed by atoms with Crippen molar-refractivity contribution in [3.63, 3.8) is 0 Å². The molecule has 2 aromatic rings. The van der Waals surface area contributed by atoms with Gasteiger partial charge in [-0.25, -0.2) is 0 Å². The minimum absolute atomic E-state index is 0.153. The van der Waals surface area contributed by atoms with Crippen molar-refractivity contribution in [2.75, 3.05) is 5.32 Å². The lowest BCUT2D eigenvalue weighted by Crippen LogP contribution is -2.14. The van der Waals surface area contributed by atoms with E-state index in [0.29, 0.717) is 10.7 Å². The van der Waals surface area contributed by atoms with Crippen LogP contribution in [-0.4, -0.2) is 5.91 Å². The van der Waals surface area contributed by atoms with E-state index in [2.05, 4.69) is 5.32 Å². The van der Waals surface area contributed by atoms with E-state index in [4.69, 9.17) is 34.8 Å². The van der Waals surface area contributed by atoms with Gasteiger partial charge in [-0.3, -0.25) is 4.79 Å². The maximum atomic E-state index is 12.2. The molecule has 19 heavy (non-hydrogen) atoms. The van der Waals surface area contributed by atoms with E-state index >= 15 is 0 Å². The third-order valence-corrected chi connectivity index (χ3v) is 3.78. The number of para-hydroxylation sites is 1. The smallest absolute Gasteiger partial charge is 0.258 e. The van der Waals surface area contributed by atoms with Gasteiger partial charge in [0.1, 0.15) is 0 Å². The number of carbonyl (C=O) groups is 1. The zero-order chi connectivity index (χ0) is 14.0. The molecule has 2 rings (SSSR count). The predicted molar refractivity (Wildman–Crippen MR) is 80.6 cm³/mol. The number of nitrogens with one attached hydrogen (secondary N) is 1. The van der Waals surface area contributed by atoms with Crippen LogP contribution in [0.3, 0.4) is 0 Å². The first kappa shape index (κ1) is 14.2. The van der Waals surface area contributed by atoms with Crippen molar-refractivity contribution < 1.29 is 4.79 Å². The molecule has 0 saturated carbocycles. The summed E-state index contributed by atoms with van der Waals surface area (Å²) in [4.78, 5) is 12.2. The van der Waals surface area contributed by atoms with Gasteiger partial charge in [0.05, 0.1) is 20.6 Å². The molecule has 98 valence electrons. The molecule has 0 spiro atoms. The van der Waals surface area contributed by atoms with Crippen LogP contribution in [0, 0.1) is 6.92 Å². The molecule has 2 aromatic carbocycles. The highest BCUT2D eigenvalue weighted by atomic mass is 35.5. The molecule has 0 heterocycles. The number of benzene rings is 2. The molecule has 0 aromatic heterocycles. The Kier molecular flexibility index (Phi) is 4.35. The molecule has 0 fully saturated rings. The van der Waals surface area contributed by atoms with E-state index in [1.807, 2.05) is 25.1 Å². The lowest BCUT2D eigenvalue weighted by Gasteiger charge is -2.11. The van der Waals surface area contributed by atoms with Crippen molar-refractivity contribution in [2.24, 2.45) is 0 Å². The van der Waals surface area contributed by atoms with Crippen LogP contribution in [0.15, 0.2) is 36.4 Å². The normalized spacial score (nSPS) is 10.3. The fourth-order valence-electron chi connectivity index (χ4n) is 1.63. The molecule has 5 heteroatoms. The molecule has 0 bridgehead atoms. The van der Waals surface area contributed by atoms with Crippen LogP contribution < -0.4 is 5.32 Å². The summed E-state index contributed by atoms with van der Waals surface area (Å²) in [7, 11) is 0. The van der Waals surface area contributed by atoms with Crippen molar-refractivity contribution in [1.82, 2.24) is 0 Å². The van der Waals surface area contributed by atoms with Gasteiger partial charge in [-0.2, -0.15) is 0 Å². The standard InChI is InChI=1S/C14H10Cl3NO/c1-8-4-2-3-5-11(8)18-14(19)12-9(15)6-7-10(16)13(12)17/h2-7H,1H3,(H,18,19).